The fourth-order valence-corrected chi connectivity index (χ4v) is 5.45. The van der Waals surface area contributed by atoms with Gasteiger partial charge in [0.25, 0.3) is 11.8 Å². The third-order valence-corrected chi connectivity index (χ3v) is 7.98. The highest BCUT2D eigenvalue weighted by Gasteiger charge is 2.25. The molecule has 3 N–H and O–H groups in total. The van der Waals surface area contributed by atoms with E-state index >= 15 is 0 Å². The number of fused-ring (bicyclic) bond motifs is 1. The molecule has 0 aliphatic carbocycles. The summed E-state index contributed by atoms with van der Waals surface area (Å²) in [6.45, 7) is 9.08. The molecule has 4 heterocycles. The van der Waals surface area contributed by atoms with Crippen LogP contribution in [0.25, 0.3) is 5.78 Å². The highest BCUT2D eigenvalue weighted by atomic mass is 16.5. The number of nitrogens with zero attached hydrogens (tertiary/aromatic N) is 5. The standard InChI is InChI=1S/C32H38N8O3/c1-32(2,3)23-10-6-21(7-11-23)27(41)34-25-5-4-16-39(19-25)30-37-29-33-15-17-40(29)31(38-30)36-24-12-8-22(9-13-24)28(42)35-26-14-18-43-20-26/h6-13,15,17,25-26H,4-5,14,16,18-20H2,1-3H3,(H,34,41)(H,35,42)(H,33,36,37,38). The fourth-order valence-electron chi connectivity index (χ4n) is 5.45. The van der Waals surface area contributed by atoms with Crippen LogP contribution >= 0.6 is 0 Å². The number of carbonyl (C=O) groups is 2. The van der Waals surface area contributed by atoms with Crippen LogP contribution in [0.15, 0.2) is 60.9 Å². The molecule has 2 aliphatic heterocycles. The first-order valence-electron chi connectivity index (χ1n) is 14.9. The number of hydrogen-bond donors (Lipinski definition) is 3. The lowest BCUT2D eigenvalue weighted by molar-refractivity contribution is 0.0923. The minimum atomic E-state index is -0.114. The number of benzene rings is 2. The Morgan fingerprint density at radius 2 is 1.60 bits per heavy atom. The molecule has 2 unspecified atom stereocenters. The van der Waals surface area contributed by atoms with Gasteiger partial charge in [0, 0.05) is 54.9 Å². The number of rotatable bonds is 7. The van der Waals surface area contributed by atoms with E-state index in [4.69, 9.17) is 14.7 Å². The Kier molecular flexibility index (Phi) is 7.98. The van der Waals surface area contributed by atoms with Gasteiger partial charge in [-0.2, -0.15) is 9.97 Å². The molecular weight excluding hydrogens is 544 g/mol. The zero-order valence-electron chi connectivity index (χ0n) is 24.8. The Morgan fingerprint density at radius 1 is 0.907 bits per heavy atom. The minimum absolute atomic E-state index is 0.0333. The van der Waals surface area contributed by atoms with Crippen molar-refractivity contribution in [3.8, 4) is 0 Å². The Hall–Kier alpha value is -4.51. The van der Waals surface area contributed by atoms with E-state index in [1.807, 2.05) is 36.4 Å². The smallest absolute Gasteiger partial charge is 0.251 e. The van der Waals surface area contributed by atoms with Gasteiger partial charge in [-0.05, 0) is 66.6 Å². The lowest BCUT2D eigenvalue weighted by atomic mass is 9.86. The first-order valence-corrected chi connectivity index (χ1v) is 14.9. The SMILES string of the molecule is CC(C)(C)c1ccc(C(=O)NC2CCCN(c3nc(Nc4ccc(C(=O)NC5CCOC5)cc4)n4ccnc4n3)C2)cc1. The second-order valence-electron chi connectivity index (χ2n) is 12.3. The lowest BCUT2D eigenvalue weighted by Crippen LogP contribution is -2.48. The van der Waals surface area contributed by atoms with Crippen molar-refractivity contribution in [2.75, 3.05) is 36.5 Å². The van der Waals surface area contributed by atoms with Crippen LogP contribution in [0, 0.1) is 0 Å². The maximum atomic E-state index is 13.1. The van der Waals surface area contributed by atoms with E-state index in [-0.39, 0.29) is 29.3 Å². The number of anilines is 3. The third-order valence-electron chi connectivity index (χ3n) is 7.98. The van der Waals surface area contributed by atoms with Crippen LogP contribution in [-0.2, 0) is 10.2 Å². The molecule has 43 heavy (non-hydrogen) atoms. The second-order valence-corrected chi connectivity index (χ2v) is 12.3. The molecule has 0 spiro atoms. The van der Waals surface area contributed by atoms with Gasteiger partial charge in [-0.15, -0.1) is 0 Å². The largest absolute Gasteiger partial charge is 0.379 e. The Labute approximate surface area is 251 Å². The average molecular weight is 583 g/mol. The molecule has 6 rings (SSSR count). The molecule has 0 bridgehead atoms. The van der Waals surface area contributed by atoms with Crippen LogP contribution in [0.2, 0.25) is 0 Å². The molecule has 0 radical (unpaired) electrons. The van der Waals surface area contributed by atoms with E-state index in [9.17, 15) is 9.59 Å². The van der Waals surface area contributed by atoms with E-state index in [1.54, 1.807) is 28.9 Å². The van der Waals surface area contributed by atoms with E-state index in [2.05, 4.69) is 46.6 Å². The van der Waals surface area contributed by atoms with Gasteiger partial charge in [-0.25, -0.2) is 4.98 Å². The number of carbonyl (C=O) groups excluding carboxylic acids is 2. The molecular formula is C32H38N8O3. The quantitative estimate of drug-likeness (QED) is 0.298. The molecule has 2 atom stereocenters. The Morgan fingerprint density at radius 3 is 2.28 bits per heavy atom. The van der Waals surface area contributed by atoms with Gasteiger partial charge in [0.05, 0.1) is 12.6 Å². The fraction of sp³-hybridized carbons (Fsp3) is 0.406. The van der Waals surface area contributed by atoms with Gasteiger partial charge in [-0.3, -0.25) is 14.0 Å². The Balaban J connectivity index is 1.13. The molecule has 11 nitrogen and oxygen atoms in total. The van der Waals surface area contributed by atoms with Crippen molar-refractivity contribution in [3.63, 3.8) is 0 Å². The van der Waals surface area contributed by atoms with Crippen LogP contribution in [0.4, 0.5) is 17.6 Å². The third kappa shape index (κ3) is 6.61. The summed E-state index contributed by atoms with van der Waals surface area (Å²) < 4.78 is 7.14. The summed E-state index contributed by atoms with van der Waals surface area (Å²) in [5, 5.41) is 9.57. The van der Waals surface area contributed by atoms with Crippen molar-refractivity contribution in [2.24, 2.45) is 0 Å². The second kappa shape index (κ2) is 12.0. The molecule has 2 fully saturated rings. The molecule has 4 aromatic rings. The van der Waals surface area contributed by atoms with Gasteiger partial charge in [0.2, 0.25) is 17.7 Å². The molecule has 11 heteroatoms. The molecule has 2 aliphatic rings. The summed E-state index contributed by atoms with van der Waals surface area (Å²) in [4.78, 5) is 41.7. The summed E-state index contributed by atoms with van der Waals surface area (Å²) in [6.07, 6.45) is 6.10. The van der Waals surface area contributed by atoms with Gasteiger partial charge in [0.15, 0.2) is 0 Å². The molecule has 224 valence electrons. The highest BCUT2D eigenvalue weighted by Crippen LogP contribution is 2.24. The summed E-state index contributed by atoms with van der Waals surface area (Å²) in [6, 6.07) is 15.1. The van der Waals surface area contributed by atoms with E-state index in [1.165, 1.54) is 5.56 Å². The minimum Gasteiger partial charge on any atom is -0.379 e. The van der Waals surface area contributed by atoms with Crippen LogP contribution in [0.5, 0.6) is 0 Å². The summed E-state index contributed by atoms with van der Waals surface area (Å²) >= 11 is 0. The van der Waals surface area contributed by atoms with Crippen molar-refractivity contribution < 1.29 is 14.3 Å². The van der Waals surface area contributed by atoms with Crippen molar-refractivity contribution in [3.05, 3.63) is 77.6 Å². The number of piperidine rings is 1. The topological polar surface area (TPSA) is 126 Å². The number of ether oxygens (including phenoxy) is 1. The van der Waals surface area contributed by atoms with Crippen LogP contribution < -0.4 is 20.9 Å². The van der Waals surface area contributed by atoms with Gasteiger partial charge in [0.1, 0.15) is 0 Å². The molecule has 2 saturated heterocycles. The first kappa shape index (κ1) is 28.6. The van der Waals surface area contributed by atoms with Crippen LogP contribution in [-0.4, -0.2) is 69.6 Å². The average Bonchev–Trinajstić information content (AvgIpc) is 3.70. The van der Waals surface area contributed by atoms with E-state index < -0.39 is 0 Å². The van der Waals surface area contributed by atoms with Crippen LogP contribution in [0.3, 0.4) is 0 Å². The number of aromatic nitrogens is 4. The van der Waals surface area contributed by atoms with Crippen molar-refractivity contribution in [2.45, 2.75) is 57.5 Å². The zero-order valence-corrected chi connectivity index (χ0v) is 24.8. The number of amides is 2. The van der Waals surface area contributed by atoms with Crippen molar-refractivity contribution in [1.82, 2.24) is 30.0 Å². The zero-order chi connectivity index (χ0) is 30.0. The highest BCUT2D eigenvalue weighted by molar-refractivity contribution is 5.95. The first-order chi connectivity index (χ1) is 20.7. The number of imidazole rings is 1. The predicted octanol–water partition coefficient (Wildman–Crippen LogP) is 4.08. The van der Waals surface area contributed by atoms with Crippen molar-refractivity contribution in [1.29, 1.82) is 0 Å². The predicted molar refractivity (Wildman–Crippen MR) is 165 cm³/mol. The molecule has 2 amide bonds. The molecule has 0 saturated carbocycles. The van der Waals surface area contributed by atoms with Crippen LogP contribution in [0.1, 0.15) is 66.3 Å². The molecule has 2 aromatic carbocycles. The monoisotopic (exact) mass is 582 g/mol. The van der Waals surface area contributed by atoms with Crippen molar-refractivity contribution >= 4 is 35.2 Å². The number of nitrogens with one attached hydrogen (secondary N) is 3. The summed E-state index contributed by atoms with van der Waals surface area (Å²) in [7, 11) is 0. The van der Waals surface area contributed by atoms with E-state index in [0.717, 1.165) is 31.5 Å². The maximum Gasteiger partial charge on any atom is 0.251 e. The summed E-state index contributed by atoms with van der Waals surface area (Å²) in [5.41, 5.74) is 3.25. The van der Waals surface area contributed by atoms with Gasteiger partial charge < -0.3 is 25.6 Å². The lowest BCUT2D eigenvalue weighted by Gasteiger charge is -2.33. The molecule has 2 aromatic heterocycles. The Bertz CT molecular complexity index is 1590. The number of hydrogen-bond acceptors (Lipinski definition) is 8. The van der Waals surface area contributed by atoms with Gasteiger partial charge in [-0.1, -0.05) is 32.9 Å². The van der Waals surface area contributed by atoms with Gasteiger partial charge >= 0.3 is 0 Å². The summed E-state index contributed by atoms with van der Waals surface area (Å²) in [5.74, 6) is 1.43. The van der Waals surface area contributed by atoms with E-state index in [0.29, 0.717) is 48.6 Å². The maximum absolute atomic E-state index is 13.1. The normalized spacial score (nSPS) is 18.9.